The smallest absolute Gasteiger partial charge is 0.266 e. The van der Waals surface area contributed by atoms with Crippen LogP contribution in [0, 0.1) is 0 Å². The van der Waals surface area contributed by atoms with E-state index in [0.29, 0.717) is 46.2 Å². The van der Waals surface area contributed by atoms with Crippen LogP contribution >= 0.6 is 24.0 Å². The number of hydrogen-bond donors (Lipinski definition) is 1. The molecule has 1 saturated heterocycles. The number of nitrogens with one attached hydrogen (secondary N) is 1. The molecule has 0 aromatic heterocycles. The van der Waals surface area contributed by atoms with Crippen LogP contribution in [-0.2, 0) is 9.59 Å². The van der Waals surface area contributed by atoms with E-state index >= 15 is 0 Å². The number of ether oxygens (including phenoxy) is 2. The number of carbonyl (C=O) groups excluding carboxylic acids is 2. The summed E-state index contributed by atoms with van der Waals surface area (Å²) in [5, 5.41) is 3.11. The minimum Gasteiger partial charge on any atom is -0.454 e. The number of amides is 2. The minimum absolute atomic E-state index is 0.0678. The first-order valence-corrected chi connectivity index (χ1v) is 11.3. The van der Waals surface area contributed by atoms with Crippen LogP contribution in [0.4, 0.5) is 0 Å². The van der Waals surface area contributed by atoms with Crippen LogP contribution in [0.2, 0.25) is 0 Å². The molecule has 2 fully saturated rings. The lowest BCUT2D eigenvalue weighted by Gasteiger charge is -2.23. The van der Waals surface area contributed by atoms with Crippen LogP contribution in [-0.4, -0.2) is 40.4 Å². The highest BCUT2D eigenvalue weighted by atomic mass is 32.2. The predicted octanol–water partition coefficient (Wildman–Crippen LogP) is 3.85. The normalized spacial score (nSPS) is 20.6. The molecule has 6 nitrogen and oxygen atoms in total. The monoisotopic (exact) mass is 432 g/mol. The molecule has 1 aromatic carbocycles. The number of thioether (sulfide) groups is 1. The summed E-state index contributed by atoms with van der Waals surface area (Å²) in [5.74, 6) is 1.35. The molecule has 2 amide bonds. The second kappa shape index (κ2) is 9.17. The number of rotatable bonds is 6. The predicted molar refractivity (Wildman–Crippen MR) is 117 cm³/mol. The maximum atomic E-state index is 12.7. The summed E-state index contributed by atoms with van der Waals surface area (Å²) in [4.78, 5) is 27.1. The Labute approximate surface area is 180 Å². The largest absolute Gasteiger partial charge is 0.454 e. The molecule has 1 saturated carbocycles. The fourth-order valence-electron chi connectivity index (χ4n) is 3.79. The zero-order valence-electron chi connectivity index (χ0n) is 16.1. The van der Waals surface area contributed by atoms with Gasteiger partial charge in [0.1, 0.15) is 4.32 Å². The van der Waals surface area contributed by atoms with Gasteiger partial charge >= 0.3 is 0 Å². The number of nitrogens with zero attached hydrogens (tertiary/aromatic N) is 1. The second-order valence-electron chi connectivity index (χ2n) is 7.45. The molecule has 154 valence electrons. The molecule has 0 atom stereocenters. The summed E-state index contributed by atoms with van der Waals surface area (Å²) in [6, 6.07) is 5.89. The Morgan fingerprint density at radius 1 is 1.24 bits per heavy atom. The van der Waals surface area contributed by atoms with E-state index < -0.39 is 0 Å². The Morgan fingerprint density at radius 3 is 2.86 bits per heavy atom. The van der Waals surface area contributed by atoms with Gasteiger partial charge in [0.15, 0.2) is 11.5 Å². The summed E-state index contributed by atoms with van der Waals surface area (Å²) in [5.41, 5.74) is 0.863. The molecule has 1 aromatic rings. The van der Waals surface area contributed by atoms with Crippen LogP contribution in [0.5, 0.6) is 11.5 Å². The molecular weight excluding hydrogens is 408 g/mol. The highest BCUT2D eigenvalue weighted by Crippen LogP contribution is 2.36. The first-order valence-electron chi connectivity index (χ1n) is 10.0. The molecule has 0 spiro atoms. The van der Waals surface area contributed by atoms with E-state index in [-0.39, 0.29) is 18.6 Å². The van der Waals surface area contributed by atoms with Gasteiger partial charge in [0.2, 0.25) is 12.7 Å². The molecule has 29 heavy (non-hydrogen) atoms. The Bertz CT molecular complexity index is 849. The van der Waals surface area contributed by atoms with E-state index in [1.165, 1.54) is 31.0 Å². The van der Waals surface area contributed by atoms with Crippen molar-refractivity contribution in [2.75, 3.05) is 13.3 Å². The first kappa shape index (κ1) is 20.2. The number of thiocarbonyl (C=S) groups is 1. The lowest BCUT2D eigenvalue weighted by atomic mass is 9.95. The third-order valence-corrected chi connectivity index (χ3v) is 6.70. The molecule has 1 N–H and O–H groups in total. The van der Waals surface area contributed by atoms with Crippen LogP contribution in [0.25, 0.3) is 6.08 Å². The first-order chi connectivity index (χ1) is 14.1. The van der Waals surface area contributed by atoms with Gasteiger partial charge in [-0.05, 0) is 43.0 Å². The Kier molecular flexibility index (Phi) is 6.40. The Morgan fingerprint density at radius 2 is 2.03 bits per heavy atom. The number of carbonyl (C=O) groups is 2. The number of hydrogen-bond acceptors (Lipinski definition) is 6. The Balaban J connectivity index is 1.29. The van der Waals surface area contributed by atoms with Crippen molar-refractivity contribution in [3.63, 3.8) is 0 Å². The summed E-state index contributed by atoms with van der Waals surface area (Å²) in [7, 11) is 0. The lowest BCUT2D eigenvalue weighted by molar-refractivity contribution is -0.124. The number of benzene rings is 1. The molecule has 0 radical (unpaired) electrons. The van der Waals surface area contributed by atoms with Crippen molar-refractivity contribution in [3.05, 3.63) is 28.7 Å². The van der Waals surface area contributed by atoms with Crippen molar-refractivity contribution in [3.8, 4) is 11.5 Å². The van der Waals surface area contributed by atoms with Gasteiger partial charge in [0.25, 0.3) is 5.91 Å². The highest BCUT2D eigenvalue weighted by molar-refractivity contribution is 8.26. The molecule has 0 bridgehead atoms. The van der Waals surface area contributed by atoms with Crippen molar-refractivity contribution >= 4 is 46.2 Å². The van der Waals surface area contributed by atoms with Gasteiger partial charge in [-0.2, -0.15) is 0 Å². The van der Waals surface area contributed by atoms with E-state index in [4.69, 9.17) is 21.7 Å². The fourth-order valence-corrected chi connectivity index (χ4v) is 5.10. The molecule has 1 aliphatic carbocycles. The van der Waals surface area contributed by atoms with E-state index in [0.717, 1.165) is 18.4 Å². The minimum atomic E-state index is -0.106. The fraction of sp³-hybridized carbons (Fsp3) is 0.476. The summed E-state index contributed by atoms with van der Waals surface area (Å²) in [6.07, 6.45) is 8.62. The van der Waals surface area contributed by atoms with E-state index in [2.05, 4.69) is 5.32 Å². The molecular formula is C21H24N2O4S2. The van der Waals surface area contributed by atoms with Crippen LogP contribution in [0.15, 0.2) is 23.1 Å². The average molecular weight is 433 g/mol. The van der Waals surface area contributed by atoms with Gasteiger partial charge in [-0.25, -0.2) is 0 Å². The van der Waals surface area contributed by atoms with Crippen molar-refractivity contribution in [1.82, 2.24) is 10.2 Å². The van der Waals surface area contributed by atoms with Gasteiger partial charge in [0, 0.05) is 19.0 Å². The summed E-state index contributed by atoms with van der Waals surface area (Å²) >= 11 is 6.68. The van der Waals surface area contributed by atoms with Gasteiger partial charge < -0.3 is 14.8 Å². The quantitative estimate of drug-likeness (QED) is 0.544. The van der Waals surface area contributed by atoms with Crippen LogP contribution in [0.3, 0.4) is 0 Å². The highest BCUT2D eigenvalue weighted by Gasteiger charge is 2.31. The van der Waals surface area contributed by atoms with Crippen LogP contribution in [0.1, 0.15) is 50.5 Å². The van der Waals surface area contributed by atoms with Crippen LogP contribution < -0.4 is 14.8 Å². The molecule has 8 heteroatoms. The van der Waals surface area contributed by atoms with Crippen molar-refractivity contribution in [1.29, 1.82) is 0 Å². The van der Waals surface area contributed by atoms with E-state index in [1.54, 1.807) is 4.90 Å². The summed E-state index contributed by atoms with van der Waals surface area (Å²) < 4.78 is 11.2. The van der Waals surface area contributed by atoms with Gasteiger partial charge in [-0.15, -0.1) is 0 Å². The maximum absolute atomic E-state index is 12.7. The topological polar surface area (TPSA) is 67.9 Å². The summed E-state index contributed by atoms with van der Waals surface area (Å²) in [6.45, 7) is 0.677. The van der Waals surface area contributed by atoms with Crippen molar-refractivity contribution in [2.24, 2.45) is 0 Å². The molecule has 4 rings (SSSR count). The SMILES string of the molecule is O=C(CCCN1C(=O)/C(=C\c2ccc3c(c2)OCO3)SC1=S)NC1CCCCC1. The van der Waals surface area contributed by atoms with Crippen molar-refractivity contribution < 1.29 is 19.1 Å². The second-order valence-corrected chi connectivity index (χ2v) is 9.13. The van der Waals surface area contributed by atoms with E-state index in [9.17, 15) is 9.59 Å². The zero-order chi connectivity index (χ0) is 20.2. The molecule has 2 heterocycles. The third kappa shape index (κ3) is 4.93. The van der Waals surface area contributed by atoms with E-state index in [1.807, 2.05) is 24.3 Å². The van der Waals surface area contributed by atoms with Crippen molar-refractivity contribution in [2.45, 2.75) is 51.0 Å². The number of fused-ring (bicyclic) bond motifs is 1. The maximum Gasteiger partial charge on any atom is 0.266 e. The molecule has 3 aliphatic rings. The van der Waals surface area contributed by atoms with Gasteiger partial charge in [-0.3, -0.25) is 14.5 Å². The zero-order valence-corrected chi connectivity index (χ0v) is 17.8. The van der Waals surface area contributed by atoms with Gasteiger partial charge in [-0.1, -0.05) is 49.3 Å². The lowest BCUT2D eigenvalue weighted by Crippen LogP contribution is -2.36. The Hall–Kier alpha value is -2.06. The van der Waals surface area contributed by atoms with Gasteiger partial charge in [0.05, 0.1) is 4.91 Å². The third-order valence-electron chi connectivity index (χ3n) is 5.32. The standard InChI is InChI=1S/C21H24N2O4S2/c24-19(22-15-5-2-1-3-6-15)7-4-10-23-20(25)18(29-21(23)28)12-14-8-9-16-17(11-14)27-13-26-16/h8-9,11-12,15H,1-7,10,13H2,(H,22,24)/b18-12+. The molecule has 2 aliphatic heterocycles. The molecule has 0 unspecified atom stereocenters. The average Bonchev–Trinajstić information content (AvgIpc) is 3.28.